The highest BCUT2D eigenvalue weighted by atomic mass is 16.6. The van der Waals surface area contributed by atoms with E-state index in [1.165, 1.54) is 6.07 Å². The van der Waals surface area contributed by atoms with Crippen molar-refractivity contribution < 1.29 is 14.8 Å². The Balaban J connectivity index is 2.29. The Kier molecular flexibility index (Phi) is 3.69. The molecule has 6 heteroatoms. The molecule has 1 N–H and O–H groups in total. The average molecular weight is 264 g/mol. The van der Waals surface area contributed by atoms with E-state index in [9.17, 15) is 14.9 Å². The minimum atomic E-state index is -0.798. The van der Waals surface area contributed by atoms with Gasteiger partial charge in [-0.2, -0.15) is 0 Å². The number of nitro groups is 1. The normalized spacial score (nSPS) is 19.2. The van der Waals surface area contributed by atoms with Crippen molar-refractivity contribution in [2.75, 3.05) is 18.0 Å². The lowest BCUT2D eigenvalue weighted by Gasteiger charge is -2.33. The van der Waals surface area contributed by atoms with E-state index in [1.54, 1.807) is 13.0 Å². The molecule has 1 atom stereocenters. The molecule has 1 aliphatic rings. The number of hydrogen-bond donors (Lipinski definition) is 1. The first kappa shape index (κ1) is 13.3. The summed E-state index contributed by atoms with van der Waals surface area (Å²) in [5.41, 5.74) is 1.44. The molecule has 1 saturated heterocycles. The Bertz CT molecular complexity index is 515. The van der Waals surface area contributed by atoms with Crippen LogP contribution in [-0.4, -0.2) is 29.1 Å². The lowest BCUT2D eigenvalue weighted by Crippen LogP contribution is -2.39. The maximum atomic E-state index is 11.1. The molecular formula is C13H16N2O4. The second kappa shape index (κ2) is 5.26. The van der Waals surface area contributed by atoms with Gasteiger partial charge in [-0.15, -0.1) is 0 Å². The van der Waals surface area contributed by atoms with Gasteiger partial charge in [0.2, 0.25) is 0 Å². The van der Waals surface area contributed by atoms with E-state index < -0.39 is 16.8 Å². The molecule has 1 heterocycles. The summed E-state index contributed by atoms with van der Waals surface area (Å²) in [6.07, 6.45) is 1.46. The number of nitro benzene ring substituents is 1. The van der Waals surface area contributed by atoms with Crippen LogP contribution in [0.15, 0.2) is 18.2 Å². The molecule has 1 unspecified atom stereocenters. The van der Waals surface area contributed by atoms with E-state index in [0.717, 1.165) is 18.7 Å². The summed E-state index contributed by atoms with van der Waals surface area (Å²) < 4.78 is 0. The van der Waals surface area contributed by atoms with E-state index >= 15 is 0 Å². The number of carbonyl (C=O) groups is 1. The first-order chi connectivity index (χ1) is 9.00. The van der Waals surface area contributed by atoms with Crippen LogP contribution in [0.3, 0.4) is 0 Å². The fourth-order valence-corrected chi connectivity index (χ4v) is 2.55. The number of carboxylic acids is 1. The van der Waals surface area contributed by atoms with Gasteiger partial charge in [0.05, 0.1) is 16.4 Å². The lowest BCUT2D eigenvalue weighted by atomic mass is 9.97. The van der Waals surface area contributed by atoms with Crippen molar-refractivity contribution in [1.82, 2.24) is 0 Å². The van der Waals surface area contributed by atoms with Gasteiger partial charge in [-0.05, 0) is 25.8 Å². The number of benzene rings is 1. The molecule has 0 aliphatic carbocycles. The number of anilines is 1. The van der Waals surface area contributed by atoms with Crippen molar-refractivity contribution in [3.8, 4) is 0 Å². The average Bonchev–Trinajstić information content (AvgIpc) is 2.38. The zero-order chi connectivity index (χ0) is 14.0. The molecule has 102 valence electrons. The zero-order valence-electron chi connectivity index (χ0n) is 10.7. The molecule has 1 fully saturated rings. The molecule has 0 aromatic heterocycles. The summed E-state index contributed by atoms with van der Waals surface area (Å²) in [4.78, 5) is 23.5. The number of carboxylic acid groups (broad SMARTS) is 1. The molecule has 0 bridgehead atoms. The standard InChI is InChI=1S/C13H16N2O4/c1-9-11(5-2-6-12(9)15(18)19)14-7-3-4-10(8-14)13(16)17/h2,5-6,10H,3-4,7-8H2,1H3,(H,16,17). The fourth-order valence-electron chi connectivity index (χ4n) is 2.55. The van der Waals surface area contributed by atoms with Gasteiger partial charge in [-0.1, -0.05) is 6.07 Å². The Labute approximate surface area is 110 Å². The largest absolute Gasteiger partial charge is 0.481 e. The molecule has 1 aliphatic heterocycles. The fraction of sp³-hybridized carbons (Fsp3) is 0.462. The first-order valence-electron chi connectivity index (χ1n) is 6.22. The second-order valence-electron chi connectivity index (χ2n) is 4.80. The van der Waals surface area contributed by atoms with Crippen molar-refractivity contribution in [3.63, 3.8) is 0 Å². The molecule has 0 amide bonds. The molecule has 1 aromatic rings. The zero-order valence-corrected chi connectivity index (χ0v) is 10.7. The molecule has 0 spiro atoms. The van der Waals surface area contributed by atoms with Crippen LogP contribution in [0.4, 0.5) is 11.4 Å². The monoisotopic (exact) mass is 264 g/mol. The first-order valence-corrected chi connectivity index (χ1v) is 6.22. The number of nitrogens with zero attached hydrogens (tertiary/aromatic N) is 2. The van der Waals surface area contributed by atoms with Gasteiger partial charge >= 0.3 is 5.97 Å². The number of rotatable bonds is 3. The smallest absolute Gasteiger partial charge is 0.308 e. The van der Waals surface area contributed by atoms with Gasteiger partial charge in [0.1, 0.15) is 0 Å². The van der Waals surface area contributed by atoms with Crippen LogP contribution in [0.2, 0.25) is 0 Å². The summed E-state index contributed by atoms with van der Waals surface area (Å²) in [7, 11) is 0. The number of hydrogen-bond acceptors (Lipinski definition) is 4. The summed E-state index contributed by atoms with van der Waals surface area (Å²) in [5, 5.41) is 20.0. The minimum absolute atomic E-state index is 0.0787. The highest BCUT2D eigenvalue weighted by molar-refractivity contribution is 5.72. The second-order valence-corrected chi connectivity index (χ2v) is 4.80. The van der Waals surface area contributed by atoms with E-state index in [4.69, 9.17) is 5.11 Å². The van der Waals surface area contributed by atoms with Crippen molar-refractivity contribution in [2.24, 2.45) is 5.92 Å². The van der Waals surface area contributed by atoms with Crippen molar-refractivity contribution in [3.05, 3.63) is 33.9 Å². The van der Waals surface area contributed by atoms with Crippen LogP contribution in [-0.2, 0) is 4.79 Å². The van der Waals surface area contributed by atoms with Gasteiger partial charge in [0.15, 0.2) is 0 Å². The number of aliphatic carboxylic acids is 1. The highest BCUT2D eigenvalue weighted by Gasteiger charge is 2.27. The lowest BCUT2D eigenvalue weighted by molar-refractivity contribution is -0.385. The summed E-state index contributed by atoms with van der Waals surface area (Å²) in [6.45, 7) is 2.86. The van der Waals surface area contributed by atoms with E-state index in [1.807, 2.05) is 11.0 Å². The maximum absolute atomic E-state index is 11.1. The molecule has 19 heavy (non-hydrogen) atoms. The molecule has 1 aromatic carbocycles. The van der Waals surface area contributed by atoms with Crippen molar-refractivity contribution in [2.45, 2.75) is 19.8 Å². The molecule has 6 nitrogen and oxygen atoms in total. The van der Waals surface area contributed by atoms with E-state index in [0.29, 0.717) is 18.5 Å². The molecule has 0 radical (unpaired) electrons. The van der Waals surface area contributed by atoms with E-state index in [-0.39, 0.29) is 5.69 Å². The molecule has 0 saturated carbocycles. The van der Waals surface area contributed by atoms with Crippen molar-refractivity contribution >= 4 is 17.3 Å². The van der Waals surface area contributed by atoms with Crippen LogP contribution in [0, 0.1) is 23.0 Å². The van der Waals surface area contributed by atoms with Gasteiger partial charge in [0.25, 0.3) is 5.69 Å². The third kappa shape index (κ3) is 2.67. The van der Waals surface area contributed by atoms with Gasteiger partial charge in [0, 0.05) is 24.8 Å². The molecule has 2 rings (SSSR count). The minimum Gasteiger partial charge on any atom is -0.481 e. The summed E-state index contributed by atoms with van der Waals surface area (Å²) in [6, 6.07) is 4.93. The highest BCUT2D eigenvalue weighted by Crippen LogP contribution is 2.31. The Morgan fingerprint density at radius 1 is 1.53 bits per heavy atom. The Morgan fingerprint density at radius 3 is 2.89 bits per heavy atom. The summed E-state index contributed by atoms with van der Waals surface area (Å²) in [5.74, 6) is -1.19. The SMILES string of the molecule is Cc1c(N2CCCC(C(=O)O)C2)cccc1[N+](=O)[O-]. The summed E-state index contributed by atoms with van der Waals surface area (Å²) >= 11 is 0. The number of piperidine rings is 1. The Hall–Kier alpha value is -2.11. The van der Waals surface area contributed by atoms with Crippen molar-refractivity contribution in [1.29, 1.82) is 0 Å². The van der Waals surface area contributed by atoms with Crippen LogP contribution < -0.4 is 4.90 Å². The Morgan fingerprint density at radius 2 is 2.26 bits per heavy atom. The molecular weight excluding hydrogens is 248 g/mol. The van der Waals surface area contributed by atoms with Gasteiger partial charge in [-0.25, -0.2) is 0 Å². The van der Waals surface area contributed by atoms with Gasteiger partial charge < -0.3 is 10.0 Å². The quantitative estimate of drug-likeness (QED) is 0.668. The maximum Gasteiger partial charge on any atom is 0.308 e. The van der Waals surface area contributed by atoms with Crippen LogP contribution in [0.25, 0.3) is 0 Å². The van der Waals surface area contributed by atoms with Crippen LogP contribution in [0.1, 0.15) is 18.4 Å². The van der Waals surface area contributed by atoms with E-state index in [2.05, 4.69) is 0 Å². The van der Waals surface area contributed by atoms with Crippen LogP contribution >= 0.6 is 0 Å². The van der Waals surface area contributed by atoms with Crippen LogP contribution in [0.5, 0.6) is 0 Å². The van der Waals surface area contributed by atoms with Gasteiger partial charge in [-0.3, -0.25) is 14.9 Å². The third-order valence-electron chi connectivity index (χ3n) is 3.58. The third-order valence-corrected chi connectivity index (χ3v) is 3.58. The predicted octanol–water partition coefficient (Wildman–Crippen LogP) is 2.20. The predicted molar refractivity (Wildman–Crippen MR) is 70.4 cm³/mol. The topological polar surface area (TPSA) is 83.7 Å².